The van der Waals surface area contributed by atoms with Crippen molar-refractivity contribution in [2.75, 3.05) is 0 Å². The van der Waals surface area contributed by atoms with Gasteiger partial charge in [0.15, 0.2) is 0 Å². The molecule has 0 atom stereocenters. The molecule has 2 aromatic rings. The first-order chi connectivity index (χ1) is 7.16. The van der Waals surface area contributed by atoms with Crippen molar-refractivity contribution in [2.24, 2.45) is 0 Å². The maximum atomic E-state index is 5.93. The molecule has 0 aliphatic rings. The van der Waals surface area contributed by atoms with Gasteiger partial charge in [-0.15, -0.1) is 0 Å². The number of hydrogen-bond acceptors (Lipinski definition) is 1. The van der Waals surface area contributed by atoms with E-state index in [1.165, 1.54) is 5.56 Å². The standard InChI is InChI=1S/C11H10BrClN2/c1-8-11(13)6-14-15(8)7-9-3-2-4-10(12)5-9/h2-6H,7H2,1H3. The van der Waals surface area contributed by atoms with Crippen molar-refractivity contribution in [3.8, 4) is 0 Å². The van der Waals surface area contributed by atoms with Gasteiger partial charge in [-0.05, 0) is 24.6 Å². The summed E-state index contributed by atoms with van der Waals surface area (Å²) >= 11 is 9.38. The first-order valence-electron chi connectivity index (χ1n) is 4.59. The molecule has 0 bridgehead atoms. The normalized spacial score (nSPS) is 10.6. The van der Waals surface area contributed by atoms with Gasteiger partial charge in [0.1, 0.15) is 0 Å². The SMILES string of the molecule is Cc1c(Cl)cnn1Cc1cccc(Br)c1. The third kappa shape index (κ3) is 2.41. The lowest BCUT2D eigenvalue weighted by atomic mass is 10.2. The predicted molar refractivity (Wildman–Crippen MR) is 65.2 cm³/mol. The summed E-state index contributed by atoms with van der Waals surface area (Å²) in [5, 5.41) is 4.92. The van der Waals surface area contributed by atoms with E-state index in [2.05, 4.69) is 33.2 Å². The van der Waals surface area contributed by atoms with Crippen LogP contribution in [0, 0.1) is 6.92 Å². The van der Waals surface area contributed by atoms with Crippen molar-refractivity contribution in [1.82, 2.24) is 9.78 Å². The number of nitrogens with zero attached hydrogens (tertiary/aromatic N) is 2. The molecule has 0 spiro atoms. The van der Waals surface area contributed by atoms with Crippen molar-refractivity contribution in [1.29, 1.82) is 0 Å². The molecule has 78 valence electrons. The minimum atomic E-state index is 0.713. The van der Waals surface area contributed by atoms with E-state index in [9.17, 15) is 0 Å². The van der Waals surface area contributed by atoms with Crippen molar-refractivity contribution in [2.45, 2.75) is 13.5 Å². The predicted octanol–water partition coefficient (Wildman–Crippen LogP) is 3.66. The van der Waals surface area contributed by atoms with E-state index in [4.69, 9.17) is 11.6 Å². The van der Waals surface area contributed by atoms with Crippen LogP contribution in [0.4, 0.5) is 0 Å². The van der Waals surface area contributed by atoms with Gasteiger partial charge in [-0.25, -0.2) is 0 Å². The van der Waals surface area contributed by atoms with Gasteiger partial charge in [-0.1, -0.05) is 39.7 Å². The van der Waals surface area contributed by atoms with Crippen molar-refractivity contribution < 1.29 is 0 Å². The van der Waals surface area contributed by atoms with Crippen LogP contribution in [0.5, 0.6) is 0 Å². The van der Waals surface area contributed by atoms with Gasteiger partial charge >= 0.3 is 0 Å². The van der Waals surface area contributed by atoms with Gasteiger partial charge in [0.2, 0.25) is 0 Å². The molecule has 0 N–H and O–H groups in total. The van der Waals surface area contributed by atoms with E-state index in [-0.39, 0.29) is 0 Å². The maximum absolute atomic E-state index is 5.93. The van der Waals surface area contributed by atoms with Gasteiger partial charge in [-0.3, -0.25) is 4.68 Å². The second kappa shape index (κ2) is 4.37. The molecule has 0 aliphatic heterocycles. The zero-order valence-corrected chi connectivity index (χ0v) is 10.6. The van der Waals surface area contributed by atoms with Crippen LogP contribution in [-0.2, 0) is 6.54 Å². The summed E-state index contributed by atoms with van der Waals surface area (Å²) in [7, 11) is 0. The minimum Gasteiger partial charge on any atom is -0.264 e. The van der Waals surface area contributed by atoms with Gasteiger partial charge in [0, 0.05) is 4.47 Å². The first kappa shape index (κ1) is 10.7. The molecule has 2 nitrogen and oxygen atoms in total. The summed E-state index contributed by atoms with van der Waals surface area (Å²) in [5.74, 6) is 0. The van der Waals surface area contributed by atoms with Crippen molar-refractivity contribution in [3.63, 3.8) is 0 Å². The molecular weight excluding hydrogens is 275 g/mol. The smallest absolute Gasteiger partial charge is 0.0815 e. The Kier molecular flexibility index (Phi) is 3.12. The van der Waals surface area contributed by atoms with Crippen molar-refractivity contribution >= 4 is 27.5 Å². The van der Waals surface area contributed by atoms with E-state index in [1.54, 1.807) is 6.20 Å². The minimum absolute atomic E-state index is 0.713. The Balaban J connectivity index is 2.26. The lowest BCUT2D eigenvalue weighted by molar-refractivity contribution is 0.665. The molecule has 0 amide bonds. The van der Waals surface area contributed by atoms with Gasteiger partial charge in [0.05, 0.1) is 23.5 Å². The van der Waals surface area contributed by atoms with E-state index in [0.717, 1.165) is 16.7 Å². The molecule has 0 saturated heterocycles. The first-order valence-corrected chi connectivity index (χ1v) is 5.76. The maximum Gasteiger partial charge on any atom is 0.0815 e. The van der Waals surface area contributed by atoms with Crippen LogP contribution in [-0.4, -0.2) is 9.78 Å². The van der Waals surface area contributed by atoms with Gasteiger partial charge in [0.25, 0.3) is 0 Å². The Labute approximate surface area is 102 Å². The van der Waals surface area contributed by atoms with Crippen LogP contribution in [0.15, 0.2) is 34.9 Å². The lowest BCUT2D eigenvalue weighted by Crippen LogP contribution is -2.03. The largest absolute Gasteiger partial charge is 0.264 e. The molecule has 2 rings (SSSR count). The van der Waals surface area contributed by atoms with Crippen LogP contribution in [0.2, 0.25) is 5.02 Å². The quantitative estimate of drug-likeness (QED) is 0.823. The molecule has 0 saturated carbocycles. The third-order valence-electron chi connectivity index (χ3n) is 2.26. The third-order valence-corrected chi connectivity index (χ3v) is 3.13. The summed E-state index contributed by atoms with van der Waals surface area (Å²) < 4.78 is 2.97. The lowest BCUT2D eigenvalue weighted by Gasteiger charge is -2.04. The molecule has 1 aromatic heterocycles. The van der Waals surface area contributed by atoms with E-state index < -0.39 is 0 Å². The molecule has 15 heavy (non-hydrogen) atoms. The summed E-state index contributed by atoms with van der Waals surface area (Å²) in [4.78, 5) is 0. The van der Waals surface area contributed by atoms with Crippen LogP contribution < -0.4 is 0 Å². The van der Waals surface area contributed by atoms with E-state index >= 15 is 0 Å². The summed E-state index contributed by atoms with van der Waals surface area (Å²) in [6, 6.07) is 8.17. The van der Waals surface area contributed by atoms with E-state index in [0.29, 0.717) is 5.02 Å². The van der Waals surface area contributed by atoms with Crippen molar-refractivity contribution in [3.05, 3.63) is 51.2 Å². The van der Waals surface area contributed by atoms with Crippen LogP contribution in [0.3, 0.4) is 0 Å². The number of aromatic nitrogens is 2. The highest BCUT2D eigenvalue weighted by molar-refractivity contribution is 9.10. The second-order valence-electron chi connectivity index (χ2n) is 3.37. The summed E-state index contributed by atoms with van der Waals surface area (Å²) in [6.45, 7) is 2.71. The zero-order chi connectivity index (χ0) is 10.8. The Morgan fingerprint density at radius 3 is 2.87 bits per heavy atom. The second-order valence-corrected chi connectivity index (χ2v) is 4.69. The average molecular weight is 286 g/mol. The monoisotopic (exact) mass is 284 g/mol. The van der Waals surface area contributed by atoms with Crippen LogP contribution in [0.25, 0.3) is 0 Å². The average Bonchev–Trinajstić information content (AvgIpc) is 2.50. The summed E-state index contributed by atoms with van der Waals surface area (Å²) in [6.07, 6.45) is 1.68. The highest BCUT2D eigenvalue weighted by atomic mass is 79.9. The van der Waals surface area contributed by atoms with E-state index in [1.807, 2.05) is 23.7 Å². The molecule has 1 aromatic carbocycles. The molecule has 0 radical (unpaired) electrons. The van der Waals surface area contributed by atoms with Crippen LogP contribution >= 0.6 is 27.5 Å². The molecule has 4 heteroatoms. The van der Waals surface area contributed by atoms with Gasteiger partial charge in [-0.2, -0.15) is 5.10 Å². The molecular formula is C11H10BrClN2. The number of benzene rings is 1. The highest BCUT2D eigenvalue weighted by Crippen LogP contribution is 2.16. The van der Waals surface area contributed by atoms with Crippen LogP contribution in [0.1, 0.15) is 11.3 Å². The summed E-state index contributed by atoms with van der Waals surface area (Å²) in [5.41, 5.74) is 2.20. The van der Waals surface area contributed by atoms with Gasteiger partial charge < -0.3 is 0 Å². The zero-order valence-electron chi connectivity index (χ0n) is 8.24. The number of halogens is 2. The molecule has 0 aliphatic carbocycles. The fourth-order valence-electron chi connectivity index (χ4n) is 1.39. The highest BCUT2D eigenvalue weighted by Gasteiger charge is 2.04. The number of hydrogen-bond donors (Lipinski definition) is 0. The Bertz CT molecular complexity index is 479. The molecule has 0 unspecified atom stereocenters. The fourth-order valence-corrected chi connectivity index (χ4v) is 1.98. The molecule has 0 fully saturated rings. The topological polar surface area (TPSA) is 17.8 Å². The molecule has 1 heterocycles. The fraction of sp³-hybridized carbons (Fsp3) is 0.182. The number of rotatable bonds is 2. The Morgan fingerprint density at radius 1 is 1.47 bits per heavy atom. The Hall–Kier alpha value is -0.800. The Morgan fingerprint density at radius 2 is 2.27 bits per heavy atom.